The molecule has 4 rings (SSSR count). The summed E-state index contributed by atoms with van der Waals surface area (Å²) in [6, 6.07) is 11.4. The Morgan fingerprint density at radius 3 is 2.88 bits per heavy atom. The lowest BCUT2D eigenvalue weighted by Crippen LogP contribution is -2.42. The molecule has 3 atom stereocenters. The van der Waals surface area contributed by atoms with Crippen LogP contribution in [0.3, 0.4) is 0 Å². The molecule has 2 heterocycles. The molecule has 0 radical (unpaired) electrons. The first-order valence-electron chi connectivity index (χ1n) is 9.07. The van der Waals surface area contributed by atoms with Gasteiger partial charge in [-0.15, -0.1) is 0 Å². The van der Waals surface area contributed by atoms with Crippen LogP contribution in [-0.4, -0.2) is 34.2 Å². The van der Waals surface area contributed by atoms with Gasteiger partial charge in [-0.25, -0.2) is 0 Å². The molecule has 0 amide bonds. The molecule has 128 valence electrons. The number of aryl methyl sites for hydroxylation is 1. The predicted molar refractivity (Wildman–Crippen MR) is 92.2 cm³/mol. The number of benzene rings is 1. The summed E-state index contributed by atoms with van der Waals surface area (Å²) in [6.07, 6.45) is 3.95. The van der Waals surface area contributed by atoms with Crippen LogP contribution in [-0.2, 0) is 13.1 Å². The Labute approximate surface area is 143 Å². The smallest absolute Gasteiger partial charge is 0.240 e. The second-order valence-corrected chi connectivity index (χ2v) is 7.26. The van der Waals surface area contributed by atoms with Crippen molar-refractivity contribution >= 4 is 0 Å². The third-order valence-corrected chi connectivity index (χ3v) is 5.51. The second-order valence-electron chi connectivity index (χ2n) is 7.26. The zero-order valence-electron chi connectivity index (χ0n) is 14.3. The first kappa shape index (κ1) is 15.8. The summed E-state index contributed by atoms with van der Waals surface area (Å²) >= 11 is 0. The van der Waals surface area contributed by atoms with E-state index in [9.17, 15) is 0 Å². The van der Waals surface area contributed by atoms with Crippen LogP contribution in [0.1, 0.15) is 36.5 Å². The Kier molecular flexibility index (Phi) is 4.63. The van der Waals surface area contributed by atoms with Crippen molar-refractivity contribution < 1.29 is 4.52 Å². The van der Waals surface area contributed by atoms with Crippen LogP contribution in [0, 0.1) is 18.8 Å². The molecule has 1 aliphatic heterocycles. The number of fused-ring (bicyclic) bond motifs is 1. The molecule has 1 N–H and O–H groups in total. The van der Waals surface area contributed by atoms with Gasteiger partial charge in [0.15, 0.2) is 5.82 Å². The standard InChI is InChI=1S/C19H26N4O/c1-14-21-19(24-22-14)10-20-18-9-5-8-16-12-23(13-17(16)18)11-15-6-3-2-4-7-15/h2-4,6-7,16-18,20H,5,8-13H2,1H3/t16-,17+,18-/m1/s1. The molecule has 0 spiro atoms. The Bertz CT molecular complexity index is 656. The Morgan fingerprint density at radius 1 is 1.21 bits per heavy atom. The minimum Gasteiger partial charge on any atom is -0.338 e. The van der Waals surface area contributed by atoms with Crippen LogP contribution < -0.4 is 5.32 Å². The highest BCUT2D eigenvalue weighted by molar-refractivity contribution is 5.15. The summed E-state index contributed by atoms with van der Waals surface area (Å²) < 4.78 is 5.23. The lowest BCUT2D eigenvalue weighted by molar-refractivity contribution is 0.214. The fraction of sp³-hybridized carbons (Fsp3) is 0.579. The van der Waals surface area contributed by atoms with Crippen molar-refractivity contribution in [2.24, 2.45) is 11.8 Å². The maximum absolute atomic E-state index is 5.23. The fourth-order valence-corrected chi connectivity index (χ4v) is 4.42. The van der Waals surface area contributed by atoms with Crippen molar-refractivity contribution in [1.82, 2.24) is 20.4 Å². The van der Waals surface area contributed by atoms with Gasteiger partial charge in [0, 0.05) is 25.7 Å². The third kappa shape index (κ3) is 3.52. The maximum atomic E-state index is 5.23. The molecule has 2 fully saturated rings. The minimum absolute atomic E-state index is 0.566. The van der Waals surface area contributed by atoms with Crippen molar-refractivity contribution in [2.75, 3.05) is 13.1 Å². The molecular weight excluding hydrogens is 300 g/mol. The van der Waals surface area contributed by atoms with Crippen molar-refractivity contribution in [2.45, 2.75) is 45.3 Å². The number of nitrogens with zero attached hydrogens (tertiary/aromatic N) is 3. The second kappa shape index (κ2) is 7.03. The molecule has 2 aromatic rings. The van der Waals surface area contributed by atoms with E-state index in [0.717, 1.165) is 18.4 Å². The first-order valence-corrected chi connectivity index (χ1v) is 9.07. The van der Waals surface area contributed by atoms with E-state index in [1.54, 1.807) is 0 Å². The summed E-state index contributed by atoms with van der Waals surface area (Å²) in [4.78, 5) is 6.93. The van der Waals surface area contributed by atoms with Gasteiger partial charge in [-0.3, -0.25) is 4.90 Å². The summed E-state index contributed by atoms with van der Waals surface area (Å²) in [5.41, 5.74) is 1.42. The van der Waals surface area contributed by atoms with Gasteiger partial charge < -0.3 is 9.84 Å². The van der Waals surface area contributed by atoms with Crippen LogP contribution >= 0.6 is 0 Å². The van der Waals surface area contributed by atoms with E-state index in [2.05, 4.69) is 50.7 Å². The van der Waals surface area contributed by atoms with Crippen LogP contribution in [0.25, 0.3) is 0 Å². The van der Waals surface area contributed by atoms with E-state index in [-0.39, 0.29) is 0 Å². The molecule has 1 saturated carbocycles. The van der Waals surface area contributed by atoms with Gasteiger partial charge in [-0.05, 0) is 37.2 Å². The molecule has 5 heteroatoms. The number of aromatic nitrogens is 2. The maximum Gasteiger partial charge on any atom is 0.240 e. The van der Waals surface area contributed by atoms with Crippen LogP contribution in [0.2, 0.25) is 0 Å². The predicted octanol–water partition coefficient (Wildman–Crippen LogP) is 2.77. The van der Waals surface area contributed by atoms with Gasteiger partial charge in [-0.1, -0.05) is 41.9 Å². The number of nitrogens with one attached hydrogen (secondary N) is 1. The van der Waals surface area contributed by atoms with Gasteiger partial charge >= 0.3 is 0 Å². The molecule has 1 aromatic heterocycles. The number of hydrogen-bond donors (Lipinski definition) is 1. The van der Waals surface area contributed by atoms with Gasteiger partial charge in [0.05, 0.1) is 6.54 Å². The Balaban J connectivity index is 1.35. The van der Waals surface area contributed by atoms with Crippen LogP contribution in [0.15, 0.2) is 34.9 Å². The molecule has 5 nitrogen and oxygen atoms in total. The van der Waals surface area contributed by atoms with Crippen LogP contribution in [0.5, 0.6) is 0 Å². The largest absolute Gasteiger partial charge is 0.338 e. The molecule has 1 aliphatic carbocycles. The molecule has 0 bridgehead atoms. The van der Waals surface area contributed by atoms with Gasteiger partial charge in [-0.2, -0.15) is 4.98 Å². The zero-order chi connectivity index (χ0) is 16.4. The average Bonchev–Trinajstić information content (AvgIpc) is 3.19. The van der Waals surface area contributed by atoms with E-state index in [1.807, 2.05) is 6.92 Å². The number of hydrogen-bond acceptors (Lipinski definition) is 5. The molecular formula is C19H26N4O. The average molecular weight is 326 g/mol. The lowest BCUT2D eigenvalue weighted by atomic mass is 9.78. The summed E-state index contributed by atoms with van der Waals surface area (Å²) in [5.74, 6) is 2.98. The van der Waals surface area contributed by atoms with Gasteiger partial charge in [0.25, 0.3) is 0 Å². The summed E-state index contributed by atoms with van der Waals surface area (Å²) in [5, 5.41) is 7.56. The topological polar surface area (TPSA) is 54.2 Å². The lowest BCUT2D eigenvalue weighted by Gasteiger charge is -2.33. The quantitative estimate of drug-likeness (QED) is 0.915. The molecule has 1 saturated heterocycles. The highest BCUT2D eigenvalue weighted by Gasteiger charge is 2.39. The first-order chi connectivity index (χ1) is 11.8. The summed E-state index contributed by atoms with van der Waals surface area (Å²) in [7, 11) is 0. The van der Waals surface area contributed by atoms with E-state index < -0.39 is 0 Å². The van der Waals surface area contributed by atoms with Gasteiger partial charge in [0.1, 0.15) is 0 Å². The Hall–Kier alpha value is -1.72. The SMILES string of the molecule is Cc1noc(CN[C@@H]2CCC[C@@H]3CN(Cc4ccccc4)C[C@@H]32)n1. The normalized spacial score (nSPS) is 27.3. The summed E-state index contributed by atoms with van der Waals surface area (Å²) in [6.45, 7) is 6.05. The molecule has 0 unspecified atom stereocenters. The minimum atomic E-state index is 0.566. The van der Waals surface area contributed by atoms with Crippen molar-refractivity contribution in [1.29, 1.82) is 0 Å². The molecule has 1 aromatic carbocycles. The fourth-order valence-electron chi connectivity index (χ4n) is 4.42. The van der Waals surface area contributed by atoms with Crippen LogP contribution in [0.4, 0.5) is 0 Å². The van der Waals surface area contributed by atoms with Crippen molar-refractivity contribution in [3.05, 3.63) is 47.6 Å². The number of rotatable bonds is 5. The molecule has 2 aliphatic rings. The zero-order valence-corrected chi connectivity index (χ0v) is 14.3. The highest BCUT2D eigenvalue weighted by Crippen LogP contribution is 2.37. The third-order valence-electron chi connectivity index (χ3n) is 5.51. The highest BCUT2D eigenvalue weighted by atomic mass is 16.5. The number of likely N-dealkylation sites (tertiary alicyclic amines) is 1. The molecule has 24 heavy (non-hydrogen) atoms. The Morgan fingerprint density at radius 2 is 2.08 bits per heavy atom. The van der Waals surface area contributed by atoms with Crippen molar-refractivity contribution in [3.8, 4) is 0 Å². The van der Waals surface area contributed by atoms with Gasteiger partial charge in [0.2, 0.25) is 5.89 Å². The monoisotopic (exact) mass is 326 g/mol. The van der Waals surface area contributed by atoms with E-state index in [4.69, 9.17) is 4.52 Å². The van der Waals surface area contributed by atoms with E-state index >= 15 is 0 Å². The van der Waals surface area contributed by atoms with Crippen molar-refractivity contribution in [3.63, 3.8) is 0 Å². The van der Waals surface area contributed by atoms with E-state index in [1.165, 1.54) is 37.9 Å². The van der Waals surface area contributed by atoms with E-state index in [0.29, 0.717) is 24.3 Å².